The largest absolute Gasteiger partial charge is 0.456 e. The molecule has 0 N–H and O–H groups in total. The highest BCUT2D eigenvalue weighted by Gasteiger charge is 2.11. The summed E-state index contributed by atoms with van der Waals surface area (Å²) in [4.78, 5) is 26.2. The van der Waals surface area contributed by atoms with Gasteiger partial charge in [-0.3, -0.25) is 9.36 Å². The van der Waals surface area contributed by atoms with Crippen LogP contribution in [-0.2, 0) is 6.54 Å². The lowest BCUT2D eigenvalue weighted by Crippen LogP contribution is -2.26. The molecule has 0 atom stereocenters. The molecule has 0 radical (unpaired) electrons. The Morgan fingerprint density at radius 2 is 2.17 bits per heavy atom. The summed E-state index contributed by atoms with van der Waals surface area (Å²) >= 11 is 3.39. The Morgan fingerprint density at radius 3 is 2.78 bits per heavy atom. The van der Waals surface area contributed by atoms with Crippen LogP contribution < -0.4 is 5.69 Å². The normalized spacial score (nSPS) is 10.6. The van der Waals surface area contributed by atoms with Crippen LogP contribution in [0.4, 0.5) is 0 Å². The van der Waals surface area contributed by atoms with Gasteiger partial charge < -0.3 is 4.42 Å². The van der Waals surface area contributed by atoms with Gasteiger partial charge in [-0.15, -0.1) is 0 Å². The Hall–Kier alpha value is -1.69. The molecule has 0 saturated heterocycles. The third kappa shape index (κ3) is 2.28. The zero-order valence-electron chi connectivity index (χ0n) is 9.94. The third-order valence-electron chi connectivity index (χ3n) is 2.65. The van der Waals surface area contributed by atoms with Gasteiger partial charge in [-0.1, -0.05) is 0 Å². The van der Waals surface area contributed by atoms with Crippen LogP contribution in [-0.4, -0.2) is 15.8 Å². The number of aldehydes is 1. The van der Waals surface area contributed by atoms with Crippen molar-refractivity contribution in [1.29, 1.82) is 0 Å². The van der Waals surface area contributed by atoms with Gasteiger partial charge in [0.15, 0.2) is 12.0 Å². The van der Waals surface area contributed by atoms with Crippen LogP contribution in [0.25, 0.3) is 0 Å². The van der Waals surface area contributed by atoms with E-state index in [0.717, 1.165) is 10.2 Å². The maximum Gasteiger partial charge on any atom is 0.348 e. The van der Waals surface area contributed by atoms with E-state index in [4.69, 9.17) is 4.42 Å². The average molecular weight is 311 g/mol. The van der Waals surface area contributed by atoms with Crippen molar-refractivity contribution in [2.45, 2.75) is 20.4 Å². The Morgan fingerprint density at radius 1 is 1.44 bits per heavy atom. The van der Waals surface area contributed by atoms with Gasteiger partial charge in [0.1, 0.15) is 5.76 Å². The molecule has 0 bridgehead atoms. The summed E-state index contributed by atoms with van der Waals surface area (Å²) in [6.45, 7) is 3.84. The molecule has 0 aliphatic rings. The molecule has 0 fully saturated rings. The molecule has 5 nitrogen and oxygen atoms in total. The van der Waals surface area contributed by atoms with Crippen LogP contribution in [0.1, 0.15) is 27.7 Å². The Balaban J connectivity index is 2.43. The van der Waals surface area contributed by atoms with E-state index in [1.54, 1.807) is 19.1 Å². The van der Waals surface area contributed by atoms with Crippen LogP contribution in [0, 0.1) is 13.8 Å². The molecule has 2 heterocycles. The van der Waals surface area contributed by atoms with Crippen molar-refractivity contribution in [2.75, 3.05) is 0 Å². The molecule has 2 rings (SSSR count). The van der Waals surface area contributed by atoms with Crippen LogP contribution in [0.3, 0.4) is 0 Å². The number of nitrogens with zero attached hydrogens (tertiary/aromatic N) is 2. The Bertz CT molecular complexity index is 658. The number of rotatable bonds is 3. The van der Waals surface area contributed by atoms with Crippen LogP contribution >= 0.6 is 15.9 Å². The fraction of sp³-hybridized carbons (Fsp3) is 0.250. The first-order chi connectivity index (χ1) is 8.52. The zero-order valence-corrected chi connectivity index (χ0v) is 11.5. The van der Waals surface area contributed by atoms with Gasteiger partial charge in [-0.05, 0) is 41.9 Å². The minimum Gasteiger partial charge on any atom is -0.456 e. The molecule has 0 unspecified atom stereocenters. The van der Waals surface area contributed by atoms with E-state index >= 15 is 0 Å². The van der Waals surface area contributed by atoms with Gasteiger partial charge in [-0.2, -0.15) is 4.98 Å². The minimum atomic E-state index is -0.336. The summed E-state index contributed by atoms with van der Waals surface area (Å²) in [7, 11) is 0. The van der Waals surface area contributed by atoms with E-state index in [-0.39, 0.29) is 18.0 Å². The number of halogens is 1. The van der Waals surface area contributed by atoms with Gasteiger partial charge in [0.25, 0.3) is 0 Å². The summed E-state index contributed by atoms with van der Waals surface area (Å²) in [5.74, 6) is 0.787. The predicted molar refractivity (Wildman–Crippen MR) is 68.9 cm³/mol. The van der Waals surface area contributed by atoms with Crippen molar-refractivity contribution in [2.24, 2.45) is 0 Å². The van der Waals surface area contributed by atoms with Crippen molar-refractivity contribution in [3.8, 4) is 0 Å². The molecule has 0 amide bonds. The lowest BCUT2D eigenvalue weighted by atomic mass is 10.3. The van der Waals surface area contributed by atoms with E-state index in [1.165, 1.54) is 4.57 Å². The number of hydrogen-bond donors (Lipinski definition) is 0. The van der Waals surface area contributed by atoms with E-state index in [1.807, 2.05) is 6.92 Å². The molecule has 2 aromatic heterocycles. The molecular weight excluding hydrogens is 300 g/mol. The maximum absolute atomic E-state index is 11.8. The first-order valence-corrected chi connectivity index (χ1v) is 6.09. The van der Waals surface area contributed by atoms with Crippen LogP contribution in [0.5, 0.6) is 0 Å². The molecule has 0 aliphatic carbocycles. The number of aromatic nitrogens is 2. The fourth-order valence-electron chi connectivity index (χ4n) is 1.66. The molecule has 0 spiro atoms. The van der Waals surface area contributed by atoms with E-state index in [0.29, 0.717) is 17.7 Å². The number of carbonyl (C=O) groups excluding carboxylic acids is 1. The summed E-state index contributed by atoms with van der Waals surface area (Å²) in [6, 6.07) is 3.24. The van der Waals surface area contributed by atoms with Crippen molar-refractivity contribution in [3.05, 3.63) is 50.0 Å². The maximum atomic E-state index is 11.8. The lowest BCUT2D eigenvalue weighted by molar-refractivity contribution is 0.109. The second-order valence-electron chi connectivity index (χ2n) is 3.89. The number of aryl methyl sites for hydroxylation is 1. The highest BCUT2D eigenvalue weighted by Crippen LogP contribution is 2.17. The Labute approximate surface area is 112 Å². The molecule has 94 valence electrons. The monoisotopic (exact) mass is 310 g/mol. The van der Waals surface area contributed by atoms with Crippen molar-refractivity contribution in [3.63, 3.8) is 0 Å². The van der Waals surface area contributed by atoms with Crippen LogP contribution in [0.15, 0.2) is 25.8 Å². The minimum absolute atomic E-state index is 0.245. The summed E-state index contributed by atoms with van der Waals surface area (Å²) in [5, 5.41) is 0. The zero-order chi connectivity index (χ0) is 13.3. The van der Waals surface area contributed by atoms with Crippen molar-refractivity contribution in [1.82, 2.24) is 9.55 Å². The highest BCUT2D eigenvalue weighted by molar-refractivity contribution is 9.10. The summed E-state index contributed by atoms with van der Waals surface area (Å²) in [6.07, 6.45) is 0.627. The predicted octanol–water partition coefficient (Wildman–Crippen LogP) is 2.08. The quantitative estimate of drug-likeness (QED) is 0.814. The summed E-state index contributed by atoms with van der Waals surface area (Å²) < 4.78 is 7.53. The number of furan rings is 1. The van der Waals surface area contributed by atoms with Gasteiger partial charge in [0.05, 0.1) is 16.7 Å². The first kappa shape index (κ1) is 12.8. The van der Waals surface area contributed by atoms with Gasteiger partial charge in [-0.25, -0.2) is 4.79 Å². The van der Waals surface area contributed by atoms with E-state index in [2.05, 4.69) is 20.9 Å². The molecular formula is C12H11BrN2O3. The lowest BCUT2D eigenvalue weighted by Gasteiger charge is -2.10. The van der Waals surface area contributed by atoms with Gasteiger partial charge in [0.2, 0.25) is 0 Å². The molecule has 0 aliphatic heterocycles. The molecule has 18 heavy (non-hydrogen) atoms. The fourth-order valence-corrected chi connectivity index (χ4v) is 1.96. The van der Waals surface area contributed by atoms with Gasteiger partial charge in [0, 0.05) is 5.69 Å². The van der Waals surface area contributed by atoms with Crippen LogP contribution in [0.2, 0.25) is 0 Å². The number of carbonyl (C=O) groups is 1. The van der Waals surface area contributed by atoms with Gasteiger partial charge >= 0.3 is 5.69 Å². The smallest absolute Gasteiger partial charge is 0.348 e. The molecule has 0 saturated carbocycles. The topological polar surface area (TPSA) is 65.1 Å². The second-order valence-corrected chi connectivity index (χ2v) is 4.68. The van der Waals surface area contributed by atoms with Crippen molar-refractivity contribution >= 4 is 22.2 Å². The van der Waals surface area contributed by atoms with E-state index < -0.39 is 0 Å². The molecule has 6 heteroatoms. The second kappa shape index (κ2) is 4.89. The SMILES string of the molecule is Cc1nc(=O)n(Cc2ccc(C=O)o2)c(C)c1Br. The summed E-state index contributed by atoms with van der Waals surface area (Å²) in [5.41, 5.74) is 1.09. The standard InChI is InChI=1S/C12H11BrN2O3/c1-7-11(13)8(2)15(12(17)14-7)5-9-3-4-10(6-16)18-9/h3-4,6H,5H2,1-2H3. The molecule has 2 aromatic rings. The van der Waals surface area contributed by atoms with E-state index in [9.17, 15) is 9.59 Å². The van der Waals surface area contributed by atoms with Crippen molar-refractivity contribution < 1.29 is 9.21 Å². The highest BCUT2D eigenvalue weighted by atomic mass is 79.9. The number of hydrogen-bond acceptors (Lipinski definition) is 4. The molecule has 0 aromatic carbocycles. The first-order valence-electron chi connectivity index (χ1n) is 5.30. The average Bonchev–Trinajstić information content (AvgIpc) is 2.80. The Kier molecular flexibility index (Phi) is 3.47. The third-order valence-corrected chi connectivity index (χ3v) is 3.79.